The number of nitrogens with zero attached hydrogens (tertiary/aromatic N) is 2. The second-order valence-corrected chi connectivity index (χ2v) is 13.1. The second-order valence-electron chi connectivity index (χ2n) is 13.1. The third-order valence-electron chi connectivity index (χ3n) is 9.35. The lowest BCUT2D eigenvalue weighted by Crippen LogP contribution is -2.47. The molecule has 0 aromatic heterocycles. The van der Waals surface area contributed by atoms with Crippen LogP contribution >= 0.6 is 0 Å². The van der Waals surface area contributed by atoms with Gasteiger partial charge in [-0.15, -0.1) is 0 Å². The Hall–Kier alpha value is -3.10. The third kappa shape index (κ3) is 13.3. The van der Waals surface area contributed by atoms with Gasteiger partial charge in [-0.3, -0.25) is 9.59 Å². The van der Waals surface area contributed by atoms with Crippen molar-refractivity contribution in [1.82, 2.24) is 15.1 Å². The number of carbonyl (C=O) groups excluding carboxylic acids is 4. The average Bonchev–Trinajstić information content (AvgIpc) is 3.30. The fraction of sp³-hybridized carbons (Fsp3) is 0.730. The largest absolute Gasteiger partial charge is 0.491 e. The summed E-state index contributed by atoms with van der Waals surface area (Å²) in [5.41, 5.74) is 0.946. The van der Waals surface area contributed by atoms with Gasteiger partial charge in [-0.1, -0.05) is 109 Å². The highest BCUT2D eigenvalue weighted by atomic mass is 16.6. The van der Waals surface area contributed by atoms with Crippen molar-refractivity contribution in [1.29, 1.82) is 0 Å². The fourth-order valence-electron chi connectivity index (χ4n) is 6.49. The number of unbranched alkanes of at least 4 members (excludes halogenated alkanes) is 7. The Bertz CT molecular complexity index is 1060. The number of hydrogen-bond acceptors (Lipinski definition) is 6. The SMILES string of the molecule is CCCCCCCN(CCCCCC)C(=O)O[C@@H](CC1CCCCC1)C(=O)N[C@H](C=O)CCC(=O)N1CCOc2ccccc2C1. The predicted molar refractivity (Wildman–Crippen MR) is 181 cm³/mol. The van der Waals surface area contributed by atoms with E-state index in [1.807, 2.05) is 24.3 Å². The van der Waals surface area contributed by atoms with Crippen LogP contribution in [0.25, 0.3) is 0 Å². The molecule has 0 radical (unpaired) electrons. The van der Waals surface area contributed by atoms with Crippen molar-refractivity contribution in [3.8, 4) is 5.75 Å². The molecule has 1 fully saturated rings. The number of amides is 3. The van der Waals surface area contributed by atoms with Crippen LogP contribution in [0.3, 0.4) is 0 Å². The Morgan fingerprint density at radius 2 is 1.65 bits per heavy atom. The van der Waals surface area contributed by atoms with Crippen LogP contribution in [0, 0.1) is 5.92 Å². The first-order valence-electron chi connectivity index (χ1n) is 18.1. The number of benzene rings is 1. The standard InChI is InChI=1S/C37H59N3O6/c1-3-5-7-9-16-24-39(23-15-8-6-4-2)37(44)46-34(27-30-17-11-10-12-18-30)36(43)38-32(29-41)21-22-35(42)40-25-26-45-33-20-14-13-19-31(33)28-40/h13-14,19-20,29-30,32,34H,3-12,15-18,21-28H2,1-2H3,(H,38,43)/t32-,34-/m0/s1. The van der Waals surface area contributed by atoms with E-state index in [9.17, 15) is 19.2 Å². The maximum Gasteiger partial charge on any atom is 0.410 e. The van der Waals surface area contributed by atoms with E-state index in [2.05, 4.69) is 19.2 Å². The molecule has 0 spiro atoms. The zero-order valence-corrected chi connectivity index (χ0v) is 28.5. The minimum atomic E-state index is -0.966. The van der Waals surface area contributed by atoms with Crippen LogP contribution in [0.5, 0.6) is 5.75 Å². The Morgan fingerprint density at radius 3 is 2.35 bits per heavy atom. The lowest BCUT2D eigenvalue weighted by Gasteiger charge is -2.29. The van der Waals surface area contributed by atoms with Gasteiger partial charge in [0.1, 0.15) is 18.6 Å². The Morgan fingerprint density at radius 1 is 0.978 bits per heavy atom. The van der Waals surface area contributed by atoms with Crippen molar-refractivity contribution in [2.75, 3.05) is 26.2 Å². The monoisotopic (exact) mass is 641 g/mol. The van der Waals surface area contributed by atoms with Crippen LogP contribution in [-0.2, 0) is 25.7 Å². The molecule has 9 nitrogen and oxygen atoms in total. The van der Waals surface area contributed by atoms with E-state index in [1.165, 1.54) is 19.3 Å². The van der Waals surface area contributed by atoms with Crippen molar-refractivity contribution in [3.05, 3.63) is 29.8 Å². The summed E-state index contributed by atoms with van der Waals surface area (Å²) in [6.45, 7) is 6.90. The summed E-state index contributed by atoms with van der Waals surface area (Å²) in [5.74, 6) is 0.540. The molecular formula is C37H59N3O6. The van der Waals surface area contributed by atoms with Crippen molar-refractivity contribution < 1.29 is 28.7 Å². The summed E-state index contributed by atoms with van der Waals surface area (Å²) in [7, 11) is 0. The van der Waals surface area contributed by atoms with Gasteiger partial charge in [0.15, 0.2) is 6.10 Å². The first-order chi connectivity index (χ1) is 22.4. The molecule has 2 atom stereocenters. The number of rotatable bonds is 20. The lowest BCUT2D eigenvalue weighted by molar-refractivity contribution is -0.135. The van der Waals surface area contributed by atoms with E-state index in [4.69, 9.17) is 9.47 Å². The molecule has 1 aliphatic heterocycles. The van der Waals surface area contributed by atoms with Crippen molar-refractivity contribution in [2.45, 2.75) is 142 Å². The highest BCUT2D eigenvalue weighted by molar-refractivity contribution is 5.86. The zero-order valence-electron chi connectivity index (χ0n) is 28.5. The molecular weight excluding hydrogens is 582 g/mol. The molecule has 1 aromatic rings. The van der Waals surface area contributed by atoms with E-state index in [1.54, 1.807) is 9.80 Å². The number of hydrogen-bond donors (Lipinski definition) is 1. The van der Waals surface area contributed by atoms with Crippen molar-refractivity contribution >= 4 is 24.2 Å². The minimum Gasteiger partial charge on any atom is -0.491 e. The molecule has 3 amide bonds. The predicted octanol–water partition coefficient (Wildman–Crippen LogP) is 7.20. The van der Waals surface area contributed by atoms with Gasteiger partial charge in [-0.2, -0.15) is 0 Å². The van der Waals surface area contributed by atoms with Gasteiger partial charge in [0.05, 0.1) is 12.6 Å². The number of fused-ring (bicyclic) bond motifs is 1. The highest BCUT2D eigenvalue weighted by Crippen LogP contribution is 2.29. The van der Waals surface area contributed by atoms with Crippen LogP contribution in [0.4, 0.5) is 4.79 Å². The van der Waals surface area contributed by atoms with Gasteiger partial charge >= 0.3 is 6.09 Å². The Balaban J connectivity index is 1.60. The van der Waals surface area contributed by atoms with Crippen LogP contribution in [0.15, 0.2) is 24.3 Å². The molecule has 1 aliphatic carbocycles. The average molecular weight is 642 g/mol. The van der Waals surface area contributed by atoms with Gasteiger partial charge in [0.25, 0.3) is 5.91 Å². The fourth-order valence-corrected chi connectivity index (χ4v) is 6.49. The van der Waals surface area contributed by atoms with Crippen LogP contribution < -0.4 is 10.1 Å². The maximum atomic E-state index is 13.6. The summed E-state index contributed by atoms with van der Waals surface area (Å²) in [6, 6.07) is 6.83. The van der Waals surface area contributed by atoms with E-state index in [0.29, 0.717) is 51.4 Å². The molecule has 0 bridgehead atoms. The molecule has 3 rings (SSSR count). The van der Waals surface area contributed by atoms with Gasteiger partial charge in [-0.05, 0) is 37.7 Å². The molecule has 258 valence electrons. The van der Waals surface area contributed by atoms with E-state index in [0.717, 1.165) is 81.9 Å². The number of aldehydes is 1. The summed E-state index contributed by atoms with van der Waals surface area (Å²) in [5, 5.41) is 2.82. The van der Waals surface area contributed by atoms with Gasteiger partial charge in [-0.25, -0.2) is 4.79 Å². The smallest absolute Gasteiger partial charge is 0.410 e. The summed E-state index contributed by atoms with van der Waals surface area (Å²) < 4.78 is 11.8. The molecule has 1 saturated carbocycles. The van der Waals surface area contributed by atoms with E-state index < -0.39 is 24.1 Å². The molecule has 2 aliphatic rings. The molecule has 9 heteroatoms. The van der Waals surface area contributed by atoms with Crippen molar-refractivity contribution in [3.63, 3.8) is 0 Å². The summed E-state index contributed by atoms with van der Waals surface area (Å²) >= 11 is 0. The Kier molecular flexibility index (Phi) is 17.6. The molecule has 1 heterocycles. The number of carbonyl (C=O) groups is 4. The molecule has 0 unspecified atom stereocenters. The molecule has 1 aromatic carbocycles. The van der Waals surface area contributed by atoms with E-state index >= 15 is 0 Å². The van der Waals surface area contributed by atoms with Gasteiger partial charge in [0.2, 0.25) is 5.91 Å². The van der Waals surface area contributed by atoms with E-state index in [-0.39, 0.29) is 18.7 Å². The number of para-hydroxylation sites is 1. The lowest BCUT2D eigenvalue weighted by atomic mass is 9.85. The zero-order chi connectivity index (χ0) is 33.0. The molecule has 46 heavy (non-hydrogen) atoms. The highest BCUT2D eigenvalue weighted by Gasteiger charge is 2.31. The summed E-state index contributed by atoms with van der Waals surface area (Å²) in [6.07, 6.45) is 15.1. The Labute approximate surface area is 277 Å². The van der Waals surface area contributed by atoms with Gasteiger partial charge < -0.3 is 29.4 Å². The summed E-state index contributed by atoms with van der Waals surface area (Å²) in [4.78, 5) is 55.9. The molecule has 0 saturated heterocycles. The normalized spacial score (nSPS) is 16.3. The number of ether oxygens (including phenoxy) is 2. The second kappa shape index (κ2) is 21.6. The quantitative estimate of drug-likeness (QED) is 0.119. The number of nitrogens with one attached hydrogen (secondary N) is 1. The molecule has 1 N–H and O–H groups in total. The third-order valence-corrected chi connectivity index (χ3v) is 9.35. The van der Waals surface area contributed by atoms with Gasteiger partial charge in [0, 0.05) is 31.6 Å². The first kappa shape index (κ1) is 37.4. The topological polar surface area (TPSA) is 105 Å². The van der Waals surface area contributed by atoms with Crippen molar-refractivity contribution in [2.24, 2.45) is 5.92 Å². The maximum absolute atomic E-state index is 13.6. The van der Waals surface area contributed by atoms with Crippen LogP contribution in [0.1, 0.15) is 129 Å². The first-order valence-corrected chi connectivity index (χ1v) is 18.1. The van der Waals surface area contributed by atoms with Crippen LogP contribution in [0.2, 0.25) is 0 Å². The van der Waals surface area contributed by atoms with Crippen LogP contribution in [-0.4, -0.2) is 72.4 Å². The minimum absolute atomic E-state index is 0.0933.